The van der Waals surface area contributed by atoms with Gasteiger partial charge in [-0.25, -0.2) is 0 Å². The molecule has 1 atom stereocenters. The predicted molar refractivity (Wildman–Crippen MR) is 45.4 cm³/mol. The Hall–Kier alpha value is -0.680. The van der Waals surface area contributed by atoms with Crippen molar-refractivity contribution >= 4 is 18.4 Å². The standard InChI is InChI=1S/C6H11N3O2.ClH/c1-6(8-9-6)3-2-4(7)5(10)11;/h4H,2-3,7H2,1H3,(H,10,11);1H/t4-;/m0./s1. The van der Waals surface area contributed by atoms with Crippen LogP contribution in [0, 0.1) is 0 Å². The second kappa shape index (κ2) is 3.82. The predicted octanol–water partition coefficient (Wildman–Crippen LogP) is 0.782. The third-order valence-electron chi connectivity index (χ3n) is 1.69. The lowest BCUT2D eigenvalue weighted by molar-refractivity contribution is -0.138. The molecule has 0 aromatic heterocycles. The molecule has 1 rings (SSSR count). The monoisotopic (exact) mass is 193 g/mol. The minimum absolute atomic E-state index is 0. The number of rotatable bonds is 4. The van der Waals surface area contributed by atoms with Crippen molar-refractivity contribution in [2.45, 2.75) is 31.5 Å². The molecule has 0 aromatic rings. The zero-order chi connectivity index (χ0) is 8.48. The molecule has 1 aliphatic rings. The summed E-state index contributed by atoms with van der Waals surface area (Å²) in [6, 6.07) is -0.780. The van der Waals surface area contributed by atoms with Crippen molar-refractivity contribution in [1.82, 2.24) is 0 Å². The lowest BCUT2D eigenvalue weighted by Crippen LogP contribution is -2.31. The van der Waals surface area contributed by atoms with Crippen LogP contribution in [0.15, 0.2) is 10.2 Å². The SMILES string of the molecule is CC1(CC[C@H](N)C(=O)O)N=N1.Cl. The maximum absolute atomic E-state index is 10.3. The van der Waals surface area contributed by atoms with Gasteiger partial charge in [0.1, 0.15) is 6.04 Å². The van der Waals surface area contributed by atoms with Gasteiger partial charge in [-0.3, -0.25) is 4.79 Å². The van der Waals surface area contributed by atoms with Crippen LogP contribution in [0.3, 0.4) is 0 Å². The fourth-order valence-electron chi connectivity index (χ4n) is 0.738. The van der Waals surface area contributed by atoms with E-state index in [0.717, 1.165) is 0 Å². The molecule has 0 bridgehead atoms. The molecule has 12 heavy (non-hydrogen) atoms. The first-order valence-electron chi connectivity index (χ1n) is 3.46. The second-order valence-electron chi connectivity index (χ2n) is 2.90. The summed E-state index contributed by atoms with van der Waals surface area (Å²) < 4.78 is 0. The van der Waals surface area contributed by atoms with Crippen molar-refractivity contribution < 1.29 is 9.90 Å². The summed E-state index contributed by atoms with van der Waals surface area (Å²) >= 11 is 0. The van der Waals surface area contributed by atoms with Crippen LogP contribution in [0.1, 0.15) is 19.8 Å². The minimum atomic E-state index is -0.964. The Kier molecular flexibility index (Phi) is 3.60. The fraction of sp³-hybridized carbons (Fsp3) is 0.833. The van der Waals surface area contributed by atoms with Crippen LogP contribution in [-0.2, 0) is 4.79 Å². The Balaban J connectivity index is 0.00000121. The maximum atomic E-state index is 10.3. The van der Waals surface area contributed by atoms with Gasteiger partial charge in [0.2, 0.25) is 0 Å². The van der Waals surface area contributed by atoms with E-state index in [1.807, 2.05) is 6.92 Å². The Bertz CT molecular complexity index is 201. The molecule has 0 aromatic carbocycles. The first-order chi connectivity index (χ1) is 5.03. The molecule has 3 N–H and O–H groups in total. The Labute approximate surface area is 76.5 Å². The summed E-state index contributed by atoms with van der Waals surface area (Å²) in [6.07, 6.45) is 1.05. The average Bonchev–Trinajstić information content (AvgIpc) is 2.64. The van der Waals surface area contributed by atoms with E-state index in [1.54, 1.807) is 0 Å². The van der Waals surface area contributed by atoms with E-state index in [4.69, 9.17) is 10.8 Å². The molecule has 1 aliphatic heterocycles. The van der Waals surface area contributed by atoms with Crippen LogP contribution in [0.2, 0.25) is 0 Å². The van der Waals surface area contributed by atoms with E-state index in [0.29, 0.717) is 12.8 Å². The number of aliphatic carboxylic acids is 1. The van der Waals surface area contributed by atoms with Crippen LogP contribution < -0.4 is 5.73 Å². The summed E-state index contributed by atoms with van der Waals surface area (Å²) in [5.74, 6) is -0.964. The first kappa shape index (κ1) is 11.3. The Morgan fingerprint density at radius 2 is 2.17 bits per heavy atom. The largest absolute Gasteiger partial charge is 0.480 e. The maximum Gasteiger partial charge on any atom is 0.320 e. The van der Waals surface area contributed by atoms with Gasteiger partial charge >= 0.3 is 5.97 Å². The number of carboxylic acid groups (broad SMARTS) is 1. The van der Waals surface area contributed by atoms with Gasteiger partial charge in [-0.05, 0) is 19.8 Å². The van der Waals surface area contributed by atoms with Gasteiger partial charge in [0, 0.05) is 0 Å². The lowest BCUT2D eigenvalue weighted by Gasteiger charge is -2.06. The molecule has 0 radical (unpaired) electrons. The lowest BCUT2D eigenvalue weighted by atomic mass is 10.1. The van der Waals surface area contributed by atoms with Gasteiger partial charge in [0.25, 0.3) is 0 Å². The molecule has 0 saturated carbocycles. The number of hydrogen-bond donors (Lipinski definition) is 2. The van der Waals surface area contributed by atoms with Gasteiger partial charge in [-0.1, -0.05) is 0 Å². The molecule has 0 saturated heterocycles. The summed E-state index contributed by atoms with van der Waals surface area (Å²) in [6.45, 7) is 1.85. The van der Waals surface area contributed by atoms with E-state index in [9.17, 15) is 4.79 Å². The topological polar surface area (TPSA) is 88.0 Å². The second-order valence-corrected chi connectivity index (χ2v) is 2.90. The zero-order valence-corrected chi connectivity index (χ0v) is 7.54. The van der Waals surface area contributed by atoms with Crippen molar-refractivity contribution in [3.63, 3.8) is 0 Å². The van der Waals surface area contributed by atoms with Crippen molar-refractivity contribution in [2.75, 3.05) is 0 Å². The molecule has 0 unspecified atom stereocenters. The molecule has 6 heteroatoms. The van der Waals surface area contributed by atoms with Gasteiger partial charge < -0.3 is 10.8 Å². The summed E-state index contributed by atoms with van der Waals surface area (Å²) in [4.78, 5) is 10.3. The van der Waals surface area contributed by atoms with Crippen molar-refractivity contribution in [2.24, 2.45) is 16.0 Å². The molecular weight excluding hydrogens is 182 g/mol. The van der Waals surface area contributed by atoms with Crippen LogP contribution >= 0.6 is 12.4 Å². The molecule has 0 amide bonds. The number of nitrogens with two attached hydrogens (primary N) is 1. The molecule has 0 aliphatic carbocycles. The summed E-state index contributed by atoms with van der Waals surface area (Å²) in [5, 5.41) is 15.9. The minimum Gasteiger partial charge on any atom is -0.480 e. The van der Waals surface area contributed by atoms with Gasteiger partial charge in [-0.15, -0.1) is 12.4 Å². The van der Waals surface area contributed by atoms with Crippen molar-refractivity contribution in [3.8, 4) is 0 Å². The molecule has 70 valence electrons. The van der Waals surface area contributed by atoms with Crippen LogP contribution in [-0.4, -0.2) is 22.8 Å². The van der Waals surface area contributed by atoms with Gasteiger partial charge in [0.05, 0.1) is 0 Å². The molecule has 0 fully saturated rings. The summed E-state index contributed by atoms with van der Waals surface area (Å²) in [7, 11) is 0. The van der Waals surface area contributed by atoms with E-state index >= 15 is 0 Å². The number of hydrogen-bond acceptors (Lipinski definition) is 4. The number of carbonyl (C=O) groups is 1. The highest BCUT2D eigenvalue weighted by atomic mass is 35.5. The highest BCUT2D eigenvalue weighted by Crippen LogP contribution is 2.32. The van der Waals surface area contributed by atoms with Crippen LogP contribution in [0.25, 0.3) is 0 Å². The van der Waals surface area contributed by atoms with Gasteiger partial charge in [0.15, 0.2) is 5.66 Å². The summed E-state index contributed by atoms with van der Waals surface area (Å²) in [5.41, 5.74) is 4.94. The Morgan fingerprint density at radius 1 is 1.67 bits per heavy atom. The molecule has 5 nitrogen and oxygen atoms in total. The number of carboxylic acids is 1. The smallest absolute Gasteiger partial charge is 0.320 e. The molecule has 0 spiro atoms. The first-order valence-corrected chi connectivity index (χ1v) is 3.46. The fourth-order valence-corrected chi connectivity index (χ4v) is 0.738. The van der Waals surface area contributed by atoms with Crippen molar-refractivity contribution in [1.29, 1.82) is 0 Å². The van der Waals surface area contributed by atoms with Crippen LogP contribution in [0.4, 0.5) is 0 Å². The highest BCUT2D eigenvalue weighted by Gasteiger charge is 2.34. The highest BCUT2D eigenvalue weighted by molar-refractivity contribution is 5.85. The normalized spacial score (nSPS) is 19.5. The Morgan fingerprint density at radius 3 is 2.50 bits per heavy atom. The zero-order valence-electron chi connectivity index (χ0n) is 6.73. The van der Waals surface area contributed by atoms with E-state index in [2.05, 4.69) is 10.2 Å². The quantitative estimate of drug-likeness (QED) is 0.692. The number of nitrogens with zero attached hydrogens (tertiary/aromatic N) is 2. The molecule has 1 heterocycles. The van der Waals surface area contributed by atoms with E-state index < -0.39 is 12.0 Å². The van der Waals surface area contributed by atoms with E-state index in [-0.39, 0.29) is 18.1 Å². The number of halogens is 1. The van der Waals surface area contributed by atoms with Crippen LogP contribution in [0.5, 0.6) is 0 Å². The third kappa shape index (κ3) is 3.15. The third-order valence-corrected chi connectivity index (χ3v) is 1.69. The average molecular weight is 194 g/mol. The van der Waals surface area contributed by atoms with Gasteiger partial charge in [-0.2, -0.15) is 10.2 Å². The van der Waals surface area contributed by atoms with Crippen molar-refractivity contribution in [3.05, 3.63) is 0 Å². The molecular formula is C6H12ClN3O2. The van der Waals surface area contributed by atoms with E-state index in [1.165, 1.54) is 0 Å².